The van der Waals surface area contributed by atoms with Crippen LogP contribution in [-0.2, 0) is 0 Å². The van der Waals surface area contributed by atoms with Crippen molar-refractivity contribution in [1.82, 2.24) is 4.90 Å². The predicted molar refractivity (Wildman–Crippen MR) is 57.8 cm³/mol. The van der Waals surface area contributed by atoms with Gasteiger partial charge in [0.25, 0.3) is 0 Å². The second-order valence-electron chi connectivity index (χ2n) is 3.93. The van der Waals surface area contributed by atoms with Gasteiger partial charge in [0.15, 0.2) is 0 Å². The van der Waals surface area contributed by atoms with E-state index in [-0.39, 0.29) is 11.6 Å². The number of nitrogens with zero attached hydrogens (tertiary/aromatic N) is 2. The lowest BCUT2D eigenvalue weighted by Gasteiger charge is -2.34. The summed E-state index contributed by atoms with van der Waals surface area (Å²) in [5, 5.41) is 9.32. The number of anilines is 1. The van der Waals surface area contributed by atoms with Gasteiger partial charge in [-0.25, -0.2) is 4.39 Å². The van der Waals surface area contributed by atoms with Gasteiger partial charge in [-0.3, -0.25) is 0 Å². The minimum Gasteiger partial charge on any atom is -0.508 e. The maximum atomic E-state index is 13.5. The van der Waals surface area contributed by atoms with Gasteiger partial charge < -0.3 is 14.9 Å². The van der Waals surface area contributed by atoms with E-state index < -0.39 is 0 Å². The molecule has 1 saturated heterocycles. The van der Waals surface area contributed by atoms with Crippen molar-refractivity contribution in [2.24, 2.45) is 0 Å². The van der Waals surface area contributed by atoms with Crippen molar-refractivity contribution < 1.29 is 9.50 Å². The third-order valence-electron chi connectivity index (χ3n) is 2.77. The molecule has 3 nitrogen and oxygen atoms in total. The molecule has 0 bridgehead atoms. The number of piperazine rings is 1. The van der Waals surface area contributed by atoms with Crippen molar-refractivity contribution in [2.75, 3.05) is 38.1 Å². The van der Waals surface area contributed by atoms with Crippen molar-refractivity contribution >= 4 is 5.69 Å². The molecule has 0 radical (unpaired) electrons. The van der Waals surface area contributed by atoms with E-state index in [1.807, 2.05) is 4.90 Å². The number of phenols is 1. The Morgan fingerprint density at radius 2 is 1.87 bits per heavy atom. The Labute approximate surface area is 88.7 Å². The fourth-order valence-corrected chi connectivity index (χ4v) is 1.79. The Balaban J connectivity index is 2.18. The number of halogens is 1. The van der Waals surface area contributed by atoms with Crippen molar-refractivity contribution in [2.45, 2.75) is 0 Å². The van der Waals surface area contributed by atoms with E-state index in [2.05, 4.69) is 11.9 Å². The summed E-state index contributed by atoms with van der Waals surface area (Å²) in [6.45, 7) is 3.46. The zero-order valence-corrected chi connectivity index (χ0v) is 8.78. The van der Waals surface area contributed by atoms with E-state index in [0.717, 1.165) is 26.2 Å². The molecule has 1 aliphatic rings. The Morgan fingerprint density at radius 3 is 2.53 bits per heavy atom. The van der Waals surface area contributed by atoms with E-state index >= 15 is 0 Å². The first-order valence-electron chi connectivity index (χ1n) is 5.09. The first kappa shape index (κ1) is 10.2. The smallest absolute Gasteiger partial charge is 0.146 e. The van der Waals surface area contributed by atoms with Gasteiger partial charge in [0, 0.05) is 32.2 Å². The molecule has 0 aromatic heterocycles. The summed E-state index contributed by atoms with van der Waals surface area (Å²) in [7, 11) is 2.05. The van der Waals surface area contributed by atoms with Crippen LogP contribution in [0.3, 0.4) is 0 Å². The van der Waals surface area contributed by atoms with E-state index in [1.54, 1.807) is 0 Å². The third kappa shape index (κ3) is 2.21. The molecule has 0 unspecified atom stereocenters. The zero-order valence-electron chi connectivity index (χ0n) is 8.78. The minimum atomic E-state index is -0.266. The molecule has 1 aromatic carbocycles. The van der Waals surface area contributed by atoms with Crippen LogP contribution in [0.25, 0.3) is 0 Å². The largest absolute Gasteiger partial charge is 0.508 e. The van der Waals surface area contributed by atoms with Crippen LogP contribution < -0.4 is 4.90 Å². The molecule has 1 heterocycles. The first-order chi connectivity index (χ1) is 7.16. The standard InChI is InChI=1S/C11H15FN2O/c1-13-4-6-14(7-5-13)11-8-9(15)2-3-10(11)12/h2-3,8,15H,4-7H2,1H3. The highest BCUT2D eigenvalue weighted by atomic mass is 19.1. The van der Waals surface area contributed by atoms with Gasteiger partial charge in [-0.2, -0.15) is 0 Å². The number of hydrogen-bond acceptors (Lipinski definition) is 3. The van der Waals surface area contributed by atoms with E-state index in [1.165, 1.54) is 18.2 Å². The van der Waals surface area contributed by atoms with Crippen molar-refractivity contribution in [3.63, 3.8) is 0 Å². The summed E-state index contributed by atoms with van der Waals surface area (Å²) in [6, 6.07) is 4.17. The van der Waals surface area contributed by atoms with Crippen LogP contribution in [0.5, 0.6) is 5.75 Å². The molecule has 2 rings (SSSR count). The van der Waals surface area contributed by atoms with Crippen molar-refractivity contribution in [3.8, 4) is 5.75 Å². The predicted octanol–water partition coefficient (Wildman–Crippen LogP) is 1.28. The molecule has 0 atom stereocenters. The second kappa shape index (κ2) is 4.06. The maximum absolute atomic E-state index is 13.5. The lowest BCUT2D eigenvalue weighted by Crippen LogP contribution is -2.44. The highest BCUT2D eigenvalue weighted by Crippen LogP contribution is 2.24. The highest BCUT2D eigenvalue weighted by molar-refractivity contribution is 5.52. The molecule has 4 heteroatoms. The molecule has 0 aliphatic carbocycles. The van der Waals surface area contributed by atoms with Gasteiger partial charge in [0.2, 0.25) is 0 Å². The van der Waals surface area contributed by atoms with Crippen LogP contribution in [0.15, 0.2) is 18.2 Å². The SMILES string of the molecule is CN1CCN(c2cc(O)ccc2F)CC1. The van der Waals surface area contributed by atoms with E-state index in [4.69, 9.17) is 0 Å². The fourth-order valence-electron chi connectivity index (χ4n) is 1.79. The van der Waals surface area contributed by atoms with Gasteiger partial charge in [0.1, 0.15) is 11.6 Å². The molecule has 0 saturated carbocycles. The summed E-state index contributed by atoms with van der Waals surface area (Å²) in [5.74, 6) is -0.150. The molecule has 1 N–H and O–H groups in total. The second-order valence-corrected chi connectivity index (χ2v) is 3.93. The summed E-state index contributed by atoms with van der Waals surface area (Å²) in [4.78, 5) is 4.17. The number of aromatic hydroxyl groups is 1. The number of likely N-dealkylation sites (N-methyl/N-ethyl adjacent to an activating group) is 1. The first-order valence-corrected chi connectivity index (χ1v) is 5.09. The molecule has 15 heavy (non-hydrogen) atoms. The quantitative estimate of drug-likeness (QED) is 0.756. The monoisotopic (exact) mass is 210 g/mol. The maximum Gasteiger partial charge on any atom is 0.146 e. The van der Waals surface area contributed by atoms with Crippen molar-refractivity contribution in [3.05, 3.63) is 24.0 Å². The Hall–Kier alpha value is -1.29. The van der Waals surface area contributed by atoms with E-state index in [0.29, 0.717) is 5.69 Å². The average molecular weight is 210 g/mol. The Bertz CT molecular complexity index is 348. The number of rotatable bonds is 1. The minimum absolute atomic E-state index is 0.116. The summed E-state index contributed by atoms with van der Waals surface area (Å²) < 4.78 is 13.5. The van der Waals surface area contributed by atoms with Crippen LogP contribution in [0.2, 0.25) is 0 Å². The van der Waals surface area contributed by atoms with Crippen LogP contribution >= 0.6 is 0 Å². The van der Waals surface area contributed by atoms with Crippen LogP contribution in [0, 0.1) is 5.82 Å². The molecular formula is C11H15FN2O. The molecule has 1 aliphatic heterocycles. The van der Waals surface area contributed by atoms with Gasteiger partial charge in [-0.1, -0.05) is 0 Å². The molecule has 0 amide bonds. The van der Waals surface area contributed by atoms with Gasteiger partial charge in [0.05, 0.1) is 5.69 Å². The Morgan fingerprint density at radius 1 is 1.20 bits per heavy atom. The molecular weight excluding hydrogens is 195 g/mol. The Kier molecular flexibility index (Phi) is 2.77. The summed E-state index contributed by atoms with van der Waals surface area (Å²) >= 11 is 0. The van der Waals surface area contributed by atoms with Crippen LogP contribution in [0.1, 0.15) is 0 Å². The number of hydrogen-bond donors (Lipinski definition) is 1. The average Bonchev–Trinajstić information content (AvgIpc) is 2.23. The topological polar surface area (TPSA) is 26.7 Å². The zero-order chi connectivity index (χ0) is 10.8. The van der Waals surface area contributed by atoms with Crippen molar-refractivity contribution in [1.29, 1.82) is 0 Å². The lowest BCUT2D eigenvalue weighted by atomic mass is 10.2. The summed E-state index contributed by atoms with van der Waals surface area (Å²) in [5.41, 5.74) is 0.503. The summed E-state index contributed by atoms with van der Waals surface area (Å²) in [6.07, 6.45) is 0. The van der Waals surface area contributed by atoms with Gasteiger partial charge >= 0.3 is 0 Å². The fraction of sp³-hybridized carbons (Fsp3) is 0.455. The lowest BCUT2D eigenvalue weighted by molar-refractivity contribution is 0.311. The van der Waals surface area contributed by atoms with Gasteiger partial charge in [-0.05, 0) is 19.2 Å². The third-order valence-corrected chi connectivity index (χ3v) is 2.77. The number of phenolic OH excluding ortho intramolecular Hbond substituents is 1. The van der Waals surface area contributed by atoms with E-state index in [9.17, 15) is 9.50 Å². The molecule has 1 aromatic rings. The molecule has 0 spiro atoms. The van der Waals surface area contributed by atoms with Crippen LogP contribution in [0.4, 0.5) is 10.1 Å². The highest BCUT2D eigenvalue weighted by Gasteiger charge is 2.17. The van der Waals surface area contributed by atoms with Crippen LogP contribution in [-0.4, -0.2) is 43.2 Å². The molecule has 82 valence electrons. The van der Waals surface area contributed by atoms with Gasteiger partial charge in [-0.15, -0.1) is 0 Å². The molecule has 1 fully saturated rings. The number of benzene rings is 1. The normalized spacial score (nSPS) is 18.1.